The maximum atomic E-state index is 12.7. The van der Waals surface area contributed by atoms with E-state index in [1.165, 1.54) is 12.1 Å². The molecule has 0 aliphatic carbocycles. The summed E-state index contributed by atoms with van der Waals surface area (Å²) in [5, 5.41) is 41.1. The van der Waals surface area contributed by atoms with Crippen molar-refractivity contribution in [3.05, 3.63) is 29.8 Å². The molecule has 1 heterocycles. The van der Waals surface area contributed by atoms with Crippen molar-refractivity contribution in [1.29, 1.82) is 0 Å². The van der Waals surface area contributed by atoms with E-state index in [9.17, 15) is 24.6 Å². The molecule has 226 valence electrons. The lowest BCUT2D eigenvalue weighted by Gasteiger charge is -2.36. The van der Waals surface area contributed by atoms with Gasteiger partial charge in [-0.15, -0.1) is 0 Å². The molecule has 2 amide bonds. The average molecular weight is 566 g/mol. The molecule has 1 aliphatic rings. The zero-order valence-electron chi connectivity index (χ0n) is 23.4. The highest BCUT2D eigenvalue weighted by atomic mass is 16.4. The molecule has 1 aromatic rings. The molecule has 1 aliphatic heterocycles. The van der Waals surface area contributed by atoms with Crippen molar-refractivity contribution < 1.29 is 24.6 Å². The molecule has 14 heteroatoms. The summed E-state index contributed by atoms with van der Waals surface area (Å²) in [5.74, 6) is -1.75. The van der Waals surface area contributed by atoms with Crippen LogP contribution in [0.25, 0.3) is 0 Å². The van der Waals surface area contributed by atoms with Gasteiger partial charge in [0, 0.05) is 78.2 Å². The van der Waals surface area contributed by atoms with Crippen molar-refractivity contribution in [2.24, 2.45) is 11.5 Å². The van der Waals surface area contributed by atoms with Crippen LogP contribution in [0, 0.1) is 0 Å². The second kappa shape index (κ2) is 17.1. The van der Waals surface area contributed by atoms with Crippen LogP contribution in [0.4, 0.5) is 0 Å². The second-order valence-corrected chi connectivity index (χ2v) is 10.4. The summed E-state index contributed by atoms with van der Waals surface area (Å²) in [6, 6.07) is 5.02. The van der Waals surface area contributed by atoms with Crippen molar-refractivity contribution in [2.75, 3.05) is 58.9 Å². The number of amides is 2. The summed E-state index contributed by atoms with van der Waals surface area (Å²) < 4.78 is 0. The van der Waals surface area contributed by atoms with Crippen LogP contribution in [0.3, 0.4) is 0 Å². The summed E-state index contributed by atoms with van der Waals surface area (Å²) in [5.41, 5.74) is 11.4. The highest BCUT2D eigenvalue weighted by Gasteiger charge is 2.28. The van der Waals surface area contributed by atoms with Crippen molar-refractivity contribution in [3.63, 3.8) is 0 Å². The second-order valence-electron chi connectivity index (χ2n) is 10.4. The SMILES string of the molecule is CC1(NC(=O)CCCC(=O)NC(Cc2ccc(O)cc2)C(=O)O)CNCCNCC(N)(CNCCN)NCCN1. The predicted molar refractivity (Wildman–Crippen MR) is 152 cm³/mol. The van der Waals surface area contributed by atoms with Crippen LogP contribution in [0.2, 0.25) is 0 Å². The number of aromatic hydroxyl groups is 1. The molecular weight excluding hydrogens is 518 g/mol. The zero-order valence-corrected chi connectivity index (χ0v) is 23.4. The Morgan fingerprint density at radius 2 is 1.65 bits per heavy atom. The first-order chi connectivity index (χ1) is 19.0. The van der Waals surface area contributed by atoms with Gasteiger partial charge in [-0.2, -0.15) is 0 Å². The molecule has 1 saturated heterocycles. The number of carboxylic acid groups (broad SMARTS) is 1. The number of benzene rings is 1. The van der Waals surface area contributed by atoms with Crippen molar-refractivity contribution >= 4 is 17.8 Å². The summed E-state index contributed by atoms with van der Waals surface area (Å²) in [7, 11) is 0. The fourth-order valence-corrected chi connectivity index (χ4v) is 4.34. The van der Waals surface area contributed by atoms with Gasteiger partial charge >= 0.3 is 5.97 Å². The van der Waals surface area contributed by atoms with Crippen LogP contribution in [0.15, 0.2) is 24.3 Å². The standard InChI is InChI=1S/C26H47N9O5/c1-25(16-30-11-12-31-18-26(28,17-29-10-9-27)33-14-13-32-25)35-23(38)4-2-3-22(37)34-21(24(39)40)15-19-5-7-20(36)8-6-19/h5-8,21,29-33,36H,2-4,9-18,27-28H2,1H3,(H,34,37)(H,35,38)(H,39,40). The van der Waals surface area contributed by atoms with Crippen LogP contribution in [0.1, 0.15) is 31.7 Å². The fraction of sp³-hybridized carbons (Fsp3) is 0.654. The lowest BCUT2D eigenvalue weighted by atomic mass is 10.1. The first-order valence-corrected chi connectivity index (χ1v) is 13.8. The first kappa shape index (κ1) is 33.4. The maximum Gasteiger partial charge on any atom is 0.326 e. The Hall–Kier alpha value is -2.85. The molecule has 1 aromatic carbocycles. The van der Waals surface area contributed by atoms with Crippen LogP contribution < -0.4 is 48.7 Å². The molecule has 0 saturated carbocycles. The van der Waals surface area contributed by atoms with E-state index in [4.69, 9.17) is 11.5 Å². The van der Waals surface area contributed by atoms with E-state index in [1.807, 2.05) is 6.92 Å². The molecule has 2 rings (SSSR count). The predicted octanol–water partition coefficient (Wildman–Crippen LogP) is -2.92. The lowest BCUT2D eigenvalue weighted by Crippen LogP contribution is -2.68. The van der Waals surface area contributed by atoms with E-state index in [0.717, 1.165) is 0 Å². The van der Waals surface area contributed by atoms with Gasteiger partial charge < -0.3 is 48.3 Å². The number of carbonyl (C=O) groups excluding carboxylic acids is 2. The number of nitrogens with one attached hydrogen (secondary N) is 7. The van der Waals surface area contributed by atoms with Crippen molar-refractivity contribution in [3.8, 4) is 5.75 Å². The van der Waals surface area contributed by atoms with Crippen LogP contribution in [0.5, 0.6) is 5.75 Å². The molecular formula is C26H47N9O5. The fourth-order valence-electron chi connectivity index (χ4n) is 4.34. The van der Waals surface area contributed by atoms with Crippen LogP contribution >= 0.6 is 0 Å². The van der Waals surface area contributed by atoms with Crippen molar-refractivity contribution in [2.45, 2.75) is 50.0 Å². The molecule has 3 unspecified atom stereocenters. The highest BCUT2D eigenvalue weighted by Crippen LogP contribution is 2.12. The highest BCUT2D eigenvalue weighted by molar-refractivity contribution is 5.84. The van der Waals surface area contributed by atoms with Gasteiger partial charge in [0.2, 0.25) is 11.8 Å². The topological polar surface area (TPSA) is 228 Å². The molecule has 0 radical (unpaired) electrons. The minimum absolute atomic E-state index is 0.0154. The summed E-state index contributed by atoms with van der Waals surface area (Å²) >= 11 is 0. The van der Waals surface area contributed by atoms with E-state index in [0.29, 0.717) is 64.5 Å². The van der Waals surface area contributed by atoms with Gasteiger partial charge in [-0.25, -0.2) is 4.79 Å². The Balaban J connectivity index is 1.80. The number of hydrogen-bond donors (Lipinski definition) is 11. The normalized spacial score (nSPS) is 23.3. The molecule has 0 aromatic heterocycles. The Kier molecular flexibility index (Phi) is 14.2. The van der Waals surface area contributed by atoms with Gasteiger partial charge in [-0.05, 0) is 31.0 Å². The minimum atomic E-state index is -1.16. The van der Waals surface area contributed by atoms with E-state index < -0.39 is 29.2 Å². The third-order valence-electron chi connectivity index (χ3n) is 6.51. The maximum absolute atomic E-state index is 12.7. The molecule has 0 spiro atoms. The minimum Gasteiger partial charge on any atom is -0.508 e. The Bertz CT molecular complexity index is 936. The van der Waals surface area contributed by atoms with E-state index in [-0.39, 0.29) is 37.3 Å². The van der Waals surface area contributed by atoms with Gasteiger partial charge in [0.25, 0.3) is 0 Å². The van der Waals surface area contributed by atoms with Gasteiger partial charge in [-0.3, -0.25) is 20.2 Å². The Morgan fingerprint density at radius 3 is 2.33 bits per heavy atom. The zero-order chi connectivity index (χ0) is 29.4. The summed E-state index contributed by atoms with van der Waals surface area (Å²) in [4.78, 5) is 36.7. The third kappa shape index (κ3) is 13.0. The largest absolute Gasteiger partial charge is 0.508 e. The molecule has 1 fully saturated rings. The molecule has 3 atom stereocenters. The molecule has 14 nitrogen and oxygen atoms in total. The number of nitrogens with two attached hydrogens (primary N) is 2. The lowest BCUT2D eigenvalue weighted by molar-refractivity contribution is -0.141. The number of hydrogen-bond acceptors (Lipinski definition) is 11. The summed E-state index contributed by atoms with van der Waals surface area (Å²) in [6.07, 6.45) is 0.475. The van der Waals surface area contributed by atoms with Crippen LogP contribution in [-0.4, -0.2) is 104 Å². The van der Waals surface area contributed by atoms with Crippen molar-refractivity contribution in [1.82, 2.24) is 37.2 Å². The number of rotatable bonds is 13. The Morgan fingerprint density at radius 1 is 1.00 bits per heavy atom. The first-order valence-electron chi connectivity index (χ1n) is 13.8. The molecule has 0 bridgehead atoms. The number of carbonyl (C=O) groups is 3. The molecule has 40 heavy (non-hydrogen) atoms. The smallest absolute Gasteiger partial charge is 0.326 e. The van der Waals surface area contributed by atoms with Gasteiger partial charge in [-0.1, -0.05) is 12.1 Å². The number of phenols is 1. The summed E-state index contributed by atoms with van der Waals surface area (Å²) in [6.45, 7) is 7.21. The third-order valence-corrected chi connectivity index (χ3v) is 6.51. The van der Waals surface area contributed by atoms with E-state index in [1.54, 1.807) is 12.1 Å². The monoisotopic (exact) mass is 565 g/mol. The van der Waals surface area contributed by atoms with E-state index >= 15 is 0 Å². The number of aliphatic carboxylic acids is 1. The number of phenolic OH excluding ortho intramolecular Hbond substituents is 1. The Labute approximate surface area is 235 Å². The van der Waals surface area contributed by atoms with Gasteiger partial charge in [0.15, 0.2) is 0 Å². The van der Waals surface area contributed by atoms with Crippen LogP contribution in [-0.2, 0) is 20.8 Å². The van der Waals surface area contributed by atoms with E-state index in [2.05, 4.69) is 37.2 Å². The number of carboxylic acids is 1. The quantitative estimate of drug-likeness (QED) is 0.108. The van der Waals surface area contributed by atoms with Gasteiger partial charge in [0.05, 0.1) is 5.66 Å². The van der Waals surface area contributed by atoms with Gasteiger partial charge in [0.1, 0.15) is 17.5 Å². The molecule has 13 N–H and O–H groups in total. The average Bonchev–Trinajstić information content (AvgIpc) is 2.89.